The summed E-state index contributed by atoms with van der Waals surface area (Å²) >= 11 is 0. The smallest absolute Gasteiger partial charge is 0.0629 e. The molecule has 2 heteroatoms. The van der Waals surface area contributed by atoms with E-state index in [4.69, 9.17) is 0 Å². The molecule has 2 nitrogen and oxygen atoms in total. The van der Waals surface area contributed by atoms with E-state index in [1.807, 2.05) is 0 Å². The topological polar surface area (TPSA) is 6.48 Å². The van der Waals surface area contributed by atoms with Gasteiger partial charge in [0, 0.05) is 34.2 Å². The lowest BCUT2D eigenvalue weighted by molar-refractivity contribution is 0.745. The number of hydrogen-bond acceptors (Lipinski definition) is 2. The maximum absolute atomic E-state index is 2.52. The van der Waals surface area contributed by atoms with Gasteiger partial charge >= 0.3 is 0 Å². The molecule has 0 amide bonds. The van der Waals surface area contributed by atoms with Gasteiger partial charge in [-0.1, -0.05) is 206 Å². The molecule has 0 aromatic heterocycles. The fraction of sp³-hybridized carbons (Fsp3) is 0.0303. The van der Waals surface area contributed by atoms with Crippen molar-refractivity contribution in [3.8, 4) is 44.5 Å². The summed E-state index contributed by atoms with van der Waals surface area (Å²) in [5, 5.41) is 7.69. The lowest BCUT2D eigenvalue weighted by atomic mass is 9.91. The third-order valence-corrected chi connectivity index (χ3v) is 14.1. The van der Waals surface area contributed by atoms with E-state index in [2.05, 4.69) is 277 Å². The third-order valence-electron chi connectivity index (χ3n) is 14.1. The summed E-state index contributed by atoms with van der Waals surface area (Å²) in [5.74, 6) is 0.318. The Kier molecular flexibility index (Phi) is 9.68. The number of anilines is 5. The van der Waals surface area contributed by atoms with Crippen LogP contribution >= 0.6 is 0 Å². The summed E-state index contributed by atoms with van der Waals surface area (Å²) in [5.41, 5.74) is 16.5. The van der Waals surface area contributed by atoms with Crippen LogP contribution in [0.15, 0.2) is 267 Å². The van der Waals surface area contributed by atoms with E-state index in [0.717, 1.165) is 33.8 Å². The van der Waals surface area contributed by atoms with Crippen molar-refractivity contribution in [3.63, 3.8) is 0 Å². The van der Waals surface area contributed by atoms with Crippen LogP contribution in [0.4, 0.5) is 28.4 Å². The van der Waals surface area contributed by atoms with Crippen molar-refractivity contribution in [1.82, 2.24) is 0 Å². The SMILES string of the molecule is C1=CC2c3ccccc3N(c3cccc(-c4cc(-c5ccccc5)cc(N(c5ccc(-c6ccc7c8ccccc8c8ccccc8c7c6)cc5)c5ccccc5-c5ccccc5)c4)c3)C2C=C1. The fourth-order valence-corrected chi connectivity index (χ4v) is 11.0. The highest BCUT2D eigenvalue weighted by atomic mass is 15.2. The molecule has 0 saturated carbocycles. The predicted molar refractivity (Wildman–Crippen MR) is 289 cm³/mol. The molecule has 2 aliphatic rings. The first-order valence-corrected chi connectivity index (χ1v) is 23.7. The average molecular weight is 867 g/mol. The second-order valence-electron chi connectivity index (χ2n) is 18.0. The molecule has 13 rings (SSSR count). The highest BCUT2D eigenvalue weighted by molar-refractivity contribution is 6.25. The second kappa shape index (κ2) is 16.6. The van der Waals surface area contributed by atoms with Crippen molar-refractivity contribution < 1.29 is 0 Å². The van der Waals surface area contributed by atoms with Crippen molar-refractivity contribution in [2.24, 2.45) is 0 Å². The zero-order chi connectivity index (χ0) is 45.0. The average Bonchev–Trinajstić information content (AvgIpc) is 3.76. The molecular formula is C66H46N2. The summed E-state index contributed by atoms with van der Waals surface area (Å²) in [7, 11) is 0. The van der Waals surface area contributed by atoms with Crippen LogP contribution in [-0.4, -0.2) is 6.04 Å². The monoisotopic (exact) mass is 866 g/mol. The third kappa shape index (κ3) is 6.81. The Balaban J connectivity index is 0.971. The van der Waals surface area contributed by atoms with Crippen LogP contribution in [0.1, 0.15) is 11.5 Å². The van der Waals surface area contributed by atoms with Crippen LogP contribution in [0.2, 0.25) is 0 Å². The maximum Gasteiger partial charge on any atom is 0.0629 e. The summed E-state index contributed by atoms with van der Waals surface area (Å²) in [4.78, 5) is 4.97. The van der Waals surface area contributed by atoms with E-state index in [0.29, 0.717) is 5.92 Å². The molecule has 2 unspecified atom stereocenters. The largest absolute Gasteiger partial charge is 0.333 e. The van der Waals surface area contributed by atoms with Crippen molar-refractivity contribution in [3.05, 3.63) is 273 Å². The summed E-state index contributed by atoms with van der Waals surface area (Å²) in [6.45, 7) is 0. The Bertz CT molecular complexity index is 3720. The van der Waals surface area contributed by atoms with Crippen molar-refractivity contribution >= 4 is 60.8 Å². The van der Waals surface area contributed by atoms with Gasteiger partial charge in [-0.25, -0.2) is 0 Å². The molecular weight excluding hydrogens is 821 g/mol. The lowest BCUT2D eigenvalue weighted by Gasteiger charge is -2.30. The number of hydrogen-bond donors (Lipinski definition) is 0. The van der Waals surface area contributed by atoms with Gasteiger partial charge in [0.05, 0.1) is 11.7 Å². The van der Waals surface area contributed by atoms with Crippen molar-refractivity contribution in [2.75, 3.05) is 9.80 Å². The molecule has 11 aromatic carbocycles. The van der Waals surface area contributed by atoms with Crippen LogP contribution < -0.4 is 9.80 Å². The highest BCUT2D eigenvalue weighted by Crippen LogP contribution is 2.49. The van der Waals surface area contributed by atoms with Crippen molar-refractivity contribution in [2.45, 2.75) is 12.0 Å². The van der Waals surface area contributed by atoms with E-state index in [9.17, 15) is 0 Å². The highest BCUT2D eigenvalue weighted by Gasteiger charge is 2.37. The molecule has 2 atom stereocenters. The van der Waals surface area contributed by atoms with Crippen LogP contribution in [0.3, 0.4) is 0 Å². The van der Waals surface area contributed by atoms with Gasteiger partial charge in [0.25, 0.3) is 0 Å². The van der Waals surface area contributed by atoms with Gasteiger partial charge in [-0.3, -0.25) is 0 Å². The van der Waals surface area contributed by atoms with Gasteiger partial charge in [0.1, 0.15) is 0 Å². The Morgan fingerprint density at radius 1 is 0.324 bits per heavy atom. The lowest BCUT2D eigenvalue weighted by Crippen LogP contribution is -2.28. The molecule has 0 fully saturated rings. The summed E-state index contributed by atoms with van der Waals surface area (Å²) < 4.78 is 0. The van der Waals surface area contributed by atoms with Gasteiger partial charge in [0.15, 0.2) is 0 Å². The standard InChI is InChI=1S/C66H46N2/c1-3-18-45(19-4-1)50-40-51(48-22-17-23-53(41-48)68-65-32-15-12-29-61(65)62-30-13-16-33-66(62)68)43-54(42-50)67(64-31-14-11-24-55(64)47-20-5-2-6-21-47)52-37-34-46(35-38-52)49-36-39-60-58-27-8-7-25-56(58)57-26-9-10-28-59(57)63(60)44-49/h1-44,61,65H. The number of fused-ring (bicyclic) bond motifs is 9. The molecule has 0 saturated heterocycles. The first kappa shape index (κ1) is 39.6. The number of allylic oxidation sites excluding steroid dienone is 2. The Labute approximate surface area is 397 Å². The zero-order valence-electron chi connectivity index (χ0n) is 37.5. The molecule has 0 bridgehead atoms. The number of rotatable bonds is 8. The van der Waals surface area contributed by atoms with Crippen LogP contribution in [0.5, 0.6) is 0 Å². The van der Waals surface area contributed by atoms with Gasteiger partial charge in [0.2, 0.25) is 0 Å². The molecule has 1 heterocycles. The number of nitrogens with zero attached hydrogens (tertiary/aromatic N) is 2. The quantitative estimate of drug-likeness (QED) is 0.140. The van der Waals surface area contributed by atoms with E-state index in [1.54, 1.807) is 0 Å². The van der Waals surface area contributed by atoms with Crippen molar-refractivity contribution in [1.29, 1.82) is 0 Å². The van der Waals surface area contributed by atoms with E-state index in [1.165, 1.54) is 77.1 Å². The molecule has 0 spiro atoms. The molecule has 68 heavy (non-hydrogen) atoms. The molecule has 0 N–H and O–H groups in total. The van der Waals surface area contributed by atoms with Gasteiger partial charge in [-0.2, -0.15) is 0 Å². The minimum absolute atomic E-state index is 0.223. The Morgan fingerprint density at radius 3 is 1.62 bits per heavy atom. The Hall–Kier alpha value is -8.72. The van der Waals surface area contributed by atoms with E-state index < -0.39 is 0 Å². The van der Waals surface area contributed by atoms with E-state index in [-0.39, 0.29) is 6.04 Å². The van der Waals surface area contributed by atoms with Gasteiger partial charge in [-0.15, -0.1) is 0 Å². The second-order valence-corrected chi connectivity index (χ2v) is 18.0. The van der Waals surface area contributed by atoms with Gasteiger partial charge < -0.3 is 9.80 Å². The minimum Gasteiger partial charge on any atom is -0.333 e. The Morgan fingerprint density at radius 2 is 0.868 bits per heavy atom. The van der Waals surface area contributed by atoms with Gasteiger partial charge in [-0.05, 0) is 137 Å². The number of para-hydroxylation sites is 2. The normalized spacial score (nSPS) is 14.9. The molecule has 1 aliphatic heterocycles. The van der Waals surface area contributed by atoms with Crippen LogP contribution in [0.25, 0.3) is 76.8 Å². The summed E-state index contributed by atoms with van der Waals surface area (Å²) in [6, 6.07) is 89.5. The molecule has 1 aliphatic carbocycles. The number of benzene rings is 11. The fourth-order valence-electron chi connectivity index (χ4n) is 11.0. The van der Waals surface area contributed by atoms with Crippen LogP contribution in [-0.2, 0) is 0 Å². The zero-order valence-corrected chi connectivity index (χ0v) is 37.5. The first-order valence-electron chi connectivity index (χ1n) is 23.7. The molecule has 0 radical (unpaired) electrons. The minimum atomic E-state index is 0.223. The van der Waals surface area contributed by atoms with Crippen LogP contribution in [0, 0.1) is 0 Å². The molecule has 11 aromatic rings. The molecule has 320 valence electrons. The first-order chi connectivity index (χ1) is 33.7. The maximum atomic E-state index is 2.52. The summed E-state index contributed by atoms with van der Waals surface area (Å²) in [6.07, 6.45) is 9.08. The van der Waals surface area contributed by atoms with E-state index >= 15 is 0 Å². The predicted octanol–water partition coefficient (Wildman–Crippen LogP) is 18.0.